The molecule has 15 heavy (non-hydrogen) atoms. The second kappa shape index (κ2) is 4.10. The van der Waals surface area contributed by atoms with Gasteiger partial charge in [-0.15, -0.1) is 0 Å². The lowest BCUT2D eigenvalue weighted by atomic mass is 9.79. The highest BCUT2D eigenvalue weighted by atomic mass is 16.3. The van der Waals surface area contributed by atoms with Crippen molar-refractivity contribution >= 4 is 5.91 Å². The molecule has 2 rings (SSSR count). The van der Waals surface area contributed by atoms with E-state index in [0.29, 0.717) is 12.8 Å². The third kappa shape index (κ3) is 1.88. The predicted molar refractivity (Wildman–Crippen MR) is 57.4 cm³/mol. The smallest absolute Gasteiger partial charge is 0.228 e. The Morgan fingerprint density at radius 3 is 2.73 bits per heavy atom. The molecule has 1 amide bonds. The topological polar surface area (TPSA) is 52.6 Å². The standard InChI is InChI=1S/C11H20N2O2/c1-2-13-8-3-9(10(13)14)11(15)4-6-12-7-5-11/h9,12,15H,2-8H2,1H3. The van der Waals surface area contributed by atoms with E-state index in [2.05, 4.69) is 5.32 Å². The minimum atomic E-state index is -0.744. The predicted octanol–water partition coefficient (Wildman–Crippen LogP) is -0.0307. The van der Waals surface area contributed by atoms with Crippen LogP contribution in [-0.2, 0) is 4.79 Å². The lowest BCUT2D eigenvalue weighted by Crippen LogP contribution is -2.49. The van der Waals surface area contributed by atoms with Crippen LogP contribution in [0.25, 0.3) is 0 Å². The van der Waals surface area contributed by atoms with E-state index in [0.717, 1.165) is 32.6 Å². The normalized spacial score (nSPS) is 30.9. The van der Waals surface area contributed by atoms with Crippen molar-refractivity contribution in [3.63, 3.8) is 0 Å². The van der Waals surface area contributed by atoms with E-state index in [1.165, 1.54) is 0 Å². The minimum absolute atomic E-state index is 0.153. The van der Waals surface area contributed by atoms with E-state index in [-0.39, 0.29) is 11.8 Å². The number of rotatable bonds is 2. The molecule has 0 radical (unpaired) electrons. The summed E-state index contributed by atoms with van der Waals surface area (Å²) >= 11 is 0. The number of amides is 1. The monoisotopic (exact) mass is 212 g/mol. The fourth-order valence-corrected chi connectivity index (χ4v) is 2.76. The summed E-state index contributed by atoms with van der Waals surface area (Å²) in [6, 6.07) is 0. The van der Waals surface area contributed by atoms with Crippen molar-refractivity contribution in [1.82, 2.24) is 10.2 Å². The molecule has 0 spiro atoms. The Morgan fingerprint density at radius 1 is 1.53 bits per heavy atom. The summed E-state index contributed by atoms with van der Waals surface area (Å²) in [5, 5.41) is 13.7. The van der Waals surface area contributed by atoms with Gasteiger partial charge >= 0.3 is 0 Å². The number of hydrogen-bond donors (Lipinski definition) is 2. The number of carbonyl (C=O) groups is 1. The van der Waals surface area contributed by atoms with E-state index in [1.54, 1.807) is 0 Å². The Bertz CT molecular complexity index is 249. The Labute approximate surface area is 90.6 Å². The number of carbonyl (C=O) groups excluding carboxylic acids is 1. The third-order valence-electron chi connectivity index (χ3n) is 3.80. The van der Waals surface area contributed by atoms with Gasteiger partial charge in [-0.3, -0.25) is 4.79 Å². The fraction of sp³-hybridized carbons (Fsp3) is 0.909. The second-order valence-corrected chi connectivity index (χ2v) is 4.61. The van der Waals surface area contributed by atoms with Gasteiger partial charge in [0.2, 0.25) is 5.91 Å². The highest BCUT2D eigenvalue weighted by Crippen LogP contribution is 2.34. The van der Waals surface area contributed by atoms with Crippen LogP contribution in [0.15, 0.2) is 0 Å². The van der Waals surface area contributed by atoms with Crippen molar-refractivity contribution in [3.05, 3.63) is 0 Å². The van der Waals surface area contributed by atoms with Gasteiger partial charge in [-0.1, -0.05) is 0 Å². The first-order valence-corrected chi connectivity index (χ1v) is 5.89. The zero-order valence-electron chi connectivity index (χ0n) is 9.33. The summed E-state index contributed by atoms with van der Waals surface area (Å²) < 4.78 is 0. The molecule has 0 saturated carbocycles. The van der Waals surface area contributed by atoms with Crippen LogP contribution in [0.1, 0.15) is 26.2 Å². The molecule has 4 nitrogen and oxygen atoms in total. The van der Waals surface area contributed by atoms with Crippen molar-refractivity contribution in [2.75, 3.05) is 26.2 Å². The van der Waals surface area contributed by atoms with Crippen LogP contribution in [0.2, 0.25) is 0 Å². The summed E-state index contributed by atoms with van der Waals surface area (Å²) in [6.45, 7) is 5.23. The van der Waals surface area contributed by atoms with Crippen LogP contribution < -0.4 is 5.32 Å². The van der Waals surface area contributed by atoms with E-state index >= 15 is 0 Å². The van der Waals surface area contributed by atoms with Crippen LogP contribution in [-0.4, -0.2) is 47.7 Å². The van der Waals surface area contributed by atoms with E-state index < -0.39 is 5.60 Å². The second-order valence-electron chi connectivity index (χ2n) is 4.61. The Hall–Kier alpha value is -0.610. The van der Waals surface area contributed by atoms with Crippen molar-refractivity contribution in [2.45, 2.75) is 31.8 Å². The molecule has 1 atom stereocenters. The lowest BCUT2D eigenvalue weighted by Gasteiger charge is -2.36. The lowest BCUT2D eigenvalue weighted by molar-refractivity contribution is -0.140. The number of aliphatic hydroxyl groups is 1. The molecule has 86 valence electrons. The van der Waals surface area contributed by atoms with Crippen LogP contribution in [0.4, 0.5) is 0 Å². The van der Waals surface area contributed by atoms with Gasteiger partial charge in [-0.25, -0.2) is 0 Å². The first-order chi connectivity index (χ1) is 7.17. The van der Waals surface area contributed by atoms with Gasteiger partial charge in [0, 0.05) is 13.1 Å². The van der Waals surface area contributed by atoms with Gasteiger partial charge in [0.05, 0.1) is 11.5 Å². The first kappa shape index (κ1) is 10.9. The van der Waals surface area contributed by atoms with Crippen molar-refractivity contribution in [2.24, 2.45) is 5.92 Å². The van der Waals surface area contributed by atoms with Crippen LogP contribution in [0.5, 0.6) is 0 Å². The van der Waals surface area contributed by atoms with Crippen LogP contribution in [0.3, 0.4) is 0 Å². The number of likely N-dealkylation sites (tertiary alicyclic amines) is 1. The van der Waals surface area contributed by atoms with Gasteiger partial charge in [0.15, 0.2) is 0 Å². The molecular formula is C11H20N2O2. The average Bonchev–Trinajstić information content (AvgIpc) is 2.61. The number of nitrogens with zero attached hydrogens (tertiary/aromatic N) is 1. The minimum Gasteiger partial charge on any atom is -0.389 e. The first-order valence-electron chi connectivity index (χ1n) is 5.89. The summed E-state index contributed by atoms with van der Waals surface area (Å²) in [5.41, 5.74) is -0.744. The molecule has 2 N–H and O–H groups in total. The van der Waals surface area contributed by atoms with Crippen molar-refractivity contribution in [1.29, 1.82) is 0 Å². The van der Waals surface area contributed by atoms with Crippen molar-refractivity contribution < 1.29 is 9.90 Å². The molecule has 1 unspecified atom stereocenters. The SMILES string of the molecule is CCN1CCC(C2(O)CCNCC2)C1=O. The Morgan fingerprint density at radius 2 is 2.20 bits per heavy atom. The van der Waals surface area contributed by atoms with Gasteiger partial charge < -0.3 is 15.3 Å². The van der Waals surface area contributed by atoms with E-state index in [4.69, 9.17) is 0 Å². The number of piperidine rings is 1. The summed E-state index contributed by atoms with van der Waals surface area (Å²) in [5.74, 6) is 0.00134. The van der Waals surface area contributed by atoms with Gasteiger partial charge in [0.1, 0.15) is 0 Å². The van der Waals surface area contributed by atoms with Gasteiger partial charge in [-0.2, -0.15) is 0 Å². The quantitative estimate of drug-likeness (QED) is 0.676. The fourth-order valence-electron chi connectivity index (χ4n) is 2.76. The third-order valence-corrected chi connectivity index (χ3v) is 3.80. The maximum absolute atomic E-state index is 12.0. The molecule has 0 bridgehead atoms. The zero-order chi connectivity index (χ0) is 10.9. The molecule has 2 aliphatic heterocycles. The summed E-state index contributed by atoms with van der Waals surface area (Å²) in [7, 11) is 0. The Kier molecular flexibility index (Phi) is 2.98. The molecule has 0 aromatic heterocycles. The molecule has 2 fully saturated rings. The molecule has 0 aromatic carbocycles. The Balaban J connectivity index is 2.07. The molecule has 2 saturated heterocycles. The van der Waals surface area contributed by atoms with Crippen LogP contribution >= 0.6 is 0 Å². The maximum Gasteiger partial charge on any atom is 0.228 e. The van der Waals surface area contributed by atoms with Gasteiger partial charge in [0.25, 0.3) is 0 Å². The number of nitrogens with one attached hydrogen (secondary N) is 1. The summed E-state index contributed by atoms with van der Waals surface area (Å²) in [4.78, 5) is 13.8. The molecule has 0 aromatic rings. The molecule has 2 aliphatic rings. The molecule has 4 heteroatoms. The van der Waals surface area contributed by atoms with E-state index in [9.17, 15) is 9.90 Å². The highest BCUT2D eigenvalue weighted by Gasteiger charge is 2.46. The largest absolute Gasteiger partial charge is 0.389 e. The number of hydrogen-bond acceptors (Lipinski definition) is 3. The van der Waals surface area contributed by atoms with Crippen molar-refractivity contribution in [3.8, 4) is 0 Å². The molecular weight excluding hydrogens is 192 g/mol. The van der Waals surface area contributed by atoms with E-state index in [1.807, 2.05) is 11.8 Å². The van der Waals surface area contributed by atoms with Gasteiger partial charge in [-0.05, 0) is 39.3 Å². The van der Waals surface area contributed by atoms with Crippen LogP contribution in [0, 0.1) is 5.92 Å². The average molecular weight is 212 g/mol. The summed E-state index contributed by atoms with van der Waals surface area (Å²) in [6.07, 6.45) is 2.24. The highest BCUT2D eigenvalue weighted by molar-refractivity contribution is 5.82. The zero-order valence-corrected chi connectivity index (χ0v) is 9.33. The molecule has 0 aliphatic carbocycles. The molecule has 2 heterocycles. The maximum atomic E-state index is 12.0.